The molecule has 2 atom stereocenters. The Hall–Kier alpha value is -3.62. The molecule has 9 nitrogen and oxygen atoms in total. The maximum atomic E-state index is 12.6. The molecule has 1 heterocycles. The highest BCUT2D eigenvalue weighted by Gasteiger charge is 2.25. The van der Waals surface area contributed by atoms with Crippen molar-refractivity contribution in [2.75, 3.05) is 7.11 Å². The van der Waals surface area contributed by atoms with Crippen LogP contribution in [-0.2, 0) is 14.3 Å². The lowest BCUT2D eigenvalue weighted by atomic mass is 9.97. The number of para-hydroxylation sites is 1. The number of phenols is 1. The Morgan fingerprint density at radius 1 is 1.06 bits per heavy atom. The first-order valence-corrected chi connectivity index (χ1v) is 11.6. The van der Waals surface area contributed by atoms with E-state index in [0.29, 0.717) is 11.7 Å². The Morgan fingerprint density at radius 3 is 2.17 bits per heavy atom. The van der Waals surface area contributed by atoms with Crippen molar-refractivity contribution in [3.05, 3.63) is 48.3 Å². The second kappa shape index (κ2) is 15.3. The van der Waals surface area contributed by atoms with E-state index in [0.717, 1.165) is 19.3 Å². The predicted molar refractivity (Wildman–Crippen MR) is 131 cm³/mol. The molecular weight excluding hydrogens is 452 g/mol. The summed E-state index contributed by atoms with van der Waals surface area (Å²) in [6, 6.07) is 9.28. The van der Waals surface area contributed by atoms with Crippen molar-refractivity contribution in [3.8, 4) is 17.2 Å². The van der Waals surface area contributed by atoms with E-state index >= 15 is 0 Å². The zero-order valence-corrected chi connectivity index (χ0v) is 21.2. The van der Waals surface area contributed by atoms with Crippen LogP contribution in [0.2, 0.25) is 0 Å². The van der Waals surface area contributed by atoms with E-state index in [-0.39, 0.29) is 23.3 Å². The van der Waals surface area contributed by atoms with Crippen molar-refractivity contribution in [3.63, 3.8) is 0 Å². The average molecular weight is 489 g/mol. The van der Waals surface area contributed by atoms with Crippen LogP contribution in [0.4, 0.5) is 0 Å². The molecule has 1 unspecified atom stereocenters. The molecule has 0 saturated carbocycles. The van der Waals surface area contributed by atoms with Crippen molar-refractivity contribution in [1.29, 1.82) is 0 Å². The number of phenolic OH excluding ortho intramolecular Hbond substituents is 1. The van der Waals surface area contributed by atoms with Crippen molar-refractivity contribution in [2.24, 2.45) is 5.92 Å². The Kier molecular flexibility index (Phi) is 12.9. The monoisotopic (exact) mass is 488 g/mol. The van der Waals surface area contributed by atoms with Crippen LogP contribution < -0.4 is 14.8 Å². The molecule has 0 radical (unpaired) electrons. The fraction of sp³-hybridized carbons (Fsp3) is 0.462. The zero-order valence-electron chi connectivity index (χ0n) is 21.2. The summed E-state index contributed by atoms with van der Waals surface area (Å²) >= 11 is 0. The second-order valence-corrected chi connectivity index (χ2v) is 7.98. The normalized spacial score (nSPS) is 12.0. The van der Waals surface area contributed by atoms with Gasteiger partial charge in [-0.3, -0.25) is 9.59 Å². The van der Waals surface area contributed by atoms with Gasteiger partial charge in [-0.05, 0) is 38.3 Å². The minimum absolute atomic E-state index is 0.0994. The number of hydrogen-bond acceptors (Lipinski definition) is 8. The maximum Gasteiger partial charge on any atom is 0.328 e. The van der Waals surface area contributed by atoms with Gasteiger partial charge < -0.3 is 24.6 Å². The fourth-order valence-corrected chi connectivity index (χ4v) is 3.19. The van der Waals surface area contributed by atoms with E-state index < -0.39 is 23.9 Å². The molecule has 0 aliphatic carbocycles. The molecule has 1 aromatic carbocycles. The number of aromatic hydroxyl groups is 1. The summed E-state index contributed by atoms with van der Waals surface area (Å²) in [5.41, 5.74) is -0.153. The number of hydrogen-bond donors (Lipinski definition) is 2. The van der Waals surface area contributed by atoms with Gasteiger partial charge in [0.1, 0.15) is 11.8 Å². The molecule has 2 rings (SSSR count). The number of pyridine rings is 1. The molecule has 192 valence electrons. The molecule has 2 N–H and O–H groups in total. The van der Waals surface area contributed by atoms with Crippen LogP contribution in [0.1, 0.15) is 64.4 Å². The number of aromatic nitrogens is 1. The van der Waals surface area contributed by atoms with Crippen molar-refractivity contribution in [2.45, 2.75) is 66.0 Å². The quantitative estimate of drug-likeness (QED) is 0.475. The van der Waals surface area contributed by atoms with E-state index in [1.165, 1.54) is 33.2 Å². The molecule has 0 saturated heterocycles. The van der Waals surface area contributed by atoms with Crippen LogP contribution in [0.15, 0.2) is 42.6 Å². The van der Waals surface area contributed by atoms with Gasteiger partial charge in [0, 0.05) is 19.2 Å². The number of amides is 1. The third kappa shape index (κ3) is 10.5. The Labute approximate surface area is 206 Å². The van der Waals surface area contributed by atoms with Gasteiger partial charge in [-0.2, -0.15) is 0 Å². The first-order valence-electron chi connectivity index (χ1n) is 11.6. The van der Waals surface area contributed by atoms with Crippen LogP contribution >= 0.6 is 0 Å². The summed E-state index contributed by atoms with van der Waals surface area (Å²) in [6.07, 6.45) is 3.91. The van der Waals surface area contributed by atoms with Crippen molar-refractivity contribution >= 4 is 17.8 Å². The van der Waals surface area contributed by atoms with Crippen LogP contribution in [0.3, 0.4) is 0 Å². The van der Waals surface area contributed by atoms with Gasteiger partial charge in [0.2, 0.25) is 5.75 Å². The van der Waals surface area contributed by atoms with Crippen molar-refractivity contribution < 1.29 is 33.7 Å². The van der Waals surface area contributed by atoms with E-state index in [4.69, 9.17) is 19.3 Å². The first kappa shape index (κ1) is 29.4. The molecule has 1 aromatic heterocycles. The van der Waals surface area contributed by atoms with E-state index in [2.05, 4.69) is 24.1 Å². The molecular formula is C26H36N2O7. The van der Waals surface area contributed by atoms with E-state index in [1.807, 2.05) is 13.0 Å². The lowest BCUT2D eigenvalue weighted by Gasteiger charge is -2.21. The molecule has 0 bridgehead atoms. The Balaban J connectivity index is 0.000000744. The number of rotatable bonds is 10. The minimum atomic E-state index is -0.894. The highest BCUT2D eigenvalue weighted by atomic mass is 16.6. The van der Waals surface area contributed by atoms with Crippen molar-refractivity contribution in [1.82, 2.24) is 10.3 Å². The van der Waals surface area contributed by atoms with Crippen LogP contribution in [0.5, 0.6) is 17.2 Å². The standard InChI is InChI=1S/C20H30N2O6.C6H6O/c1-7-15(8-2)11-12(3)27-20(25)13(4)22-19(24)17-18(28-14(5)23)16(26-6)9-10-21-17;7-6-4-2-1-3-5-6/h9-10,12-13,15H,7-8,11H2,1-6H3,(H,22,24);1-5,7H/t12?,13-;/m0./s1. The van der Waals surface area contributed by atoms with Gasteiger partial charge >= 0.3 is 11.9 Å². The van der Waals surface area contributed by atoms with Gasteiger partial charge in [0.25, 0.3) is 5.91 Å². The van der Waals surface area contributed by atoms with Crippen LogP contribution in [-0.4, -0.2) is 47.2 Å². The third-order valence-corrected chi connectivity index (χ3v) is 5.14. The summed E-state index contributed by atoms with van der Waals surface area (Å²) in [5.74, 6) is -0.941. The van der Waals surface area contributed by atoms with Gasteiger partial charge in [-0.1, -0.05) is 44.9 Å². The van der Waals surface area contributed by atoms with E-state index in [1.54, 1.807) is 24.3 Å². The Bertz CT molecular complexity index is 946. The third-order valence-electron chi connectivity index (χ3n) is 5.14. The van der Waals surface area contributed by atoms with E-state index in [9.17, 15) is 14.4 Å². The average Bonchev–Trinajstić information content (AvgIpc) is 2.83. The summed E-state index contributed by atoms with van der Waals surface area (Å²) in [7, 11) is 1.38. The van der Waals surface area contributed by atoms with Gasteiger partial charge in [0.05, 0.1) is 13.2 Å². The van der Waals surface area contributed by atoms with Crippen LogP contribution in [0.25, 0.3) is 0 Å². The number of esters is 2. The van der Waals surface area contributed by atoms with Crippen LogP contribution in [0, 0.1) is 5.92 Å². The molecule has 35 heavy (non-hydrogen) atoms. The number of nitrogens with one attached hydrogen (secondary N) is 1. The second-order valence-electron chi connectivity index (χ2n) is 7.98. The molecule has 2 aromatic rings. The van der Waals surface area contributed by atoms with Gasteiger partial charge in [-0.15, -0.1) is 0 Å². The number of carbonyl (C=O) groups excluding carboxylic acids is 3. The lowest BCUT2D eigenvalue weighted by molar-refractivity contribution is -0.150. The first-order chi connectivity index (χ1) is 16.6. The smallest absolute Gasteiger partial charge is 0.328 e. The molecule has 0 aliphatic heterocycles. The minimum Gasteiger partial charge on any atom is -0.508 e. The largest absolute Gasteiger partial charge is 0.508 e. The molecule has 1 amide bonds. The number of ether oxygens (including phenoxy) is 3. The topological polar surface area (TPSA) is 124 Å². The van der Waals surface area contributed by atoms with Gasteiger partial charge in [-0.25, -0.2) is 9.78 Å². The molecule has 0 aliphatic rings. The summed E-state index contributed by atoms with van der Waals surface area (Å²) in [5, 5.41) is 11.2. The fourth-order valence-electron chi connectivity index (χ4n) is 3.19. The highest BCUT2D eigenvalue weighted by molar-refractivity contribution is 5.98. The maximum absolute atomic E-state index is 12.6. The molecule has 0 fully saturated rings. The molecule has 0 spiro atoms. The summed E-state index contributed by atoms with van der Waals surface area (Å²) in [6.45, 7) is 8.78. The highest BCUT2D eigenvalue weighted by Crippen LogP contribution is 2.29. The summed E-state index contributed by atoms with van der Waals surface area (Å²) in [4.78, 5) is 40.1. The van der Waals surface area contributed by atoms with Gasteiger partial charge in [0.15, 0.2) is 11.4 Å². The number of nitrogens with zero attached hydrogens (tertiary/aromatic N) is 1. The summed E-state index contributed by atoms with van der Waals surface area (Å²) < 4.78 is 15.6. The molecule has 9 heteroatoms. The zero-order chi connectivity index (χ0) is 26.4. The SMILES string of the molecule is CCC(CC)CC(C)OC(=O)[C@H](C)NC(=O)c1nccc(OC)c1OC(C)=O.Oc1ccccc1. The number of benzene rings is 1. The lowest BCUT2D eigenvalue weighted by Crippen LogP contribution is -2.41. The number of methoxy groups -OCH3 is 1. The predicted octanol–water partition coefficient (Wildman–Crippen LogP) is 4.28. The number of carbonyl (C=O) groups is 3. The Morgan fingerprint density at radius 2 is 1.69 bits per heavy atom.